The fraction of sp³-hybridized carbons (Fsp3) is 0.259. The Labute approximate surface area is 193 Å². The van der Waals surface area contributed by atoms with Crippen molar-refractivity contribution in [3.8, 4) is 5.75 Å². The molecule has 3 aromatic rings. The van der Waals surface area contributed by atoms with Crippen molar-refractivity contribution in [2.75, 3.05) is 33.8 Å². The minimum absolute atomic E-state index is 0.101. The lowest BCUT2D eigenvalue weighted by atomic mass is 9.93. The molecular formula is C27H28N2O4. The second kappa shape index (κ2) is 9.46. The summed E-state index contributed by atoms with van der Waals surface area (Å²) < 4.78 is 5.66. The molecule has 1 N–H and O–H groups in total. The van der Waals surface area contributed by atoms with Crippen molar-refractivity contribution in [1.82, 2.24) is 9.80 Å². The molecule has 170 valence electrons. The van der Waals surface area contributed by atoms with Crippen molar-refractivity contribution in [2.45, 2.75) is 13.0 Å². The fourth-order valence-electron chi connectivity index (χ4n) is 4.28. The first-order valence-electron chi connectivity index (χ1n) is 11.1. The average molecular weight is 445 g/mol. The van der Waals surface area contributed by atoms with Gasteiger partial charge in [-0.1, -0.05) is 54.6 Å². The van der Waals surface area contributed by atoms with E-state index in [0.717, 1.165) is 16.3 Å². The maximum absolute atomic E-state index is 13.3. The molecule has 0 saturated carbocycles. The van der Waals surface area contributed by atoms with Crippen LogP contribution in [0.5, 0.6) is 5.75 Å². The van der Waals surface area contributed by atoms with Crippen LogP contribution in [0.3, 0.4) is 0 Å². The number of aliphatic hydroxyl groups excluding tert-OH is 1. The van der Waals surface area contributed by atoms with Crippen LogP contribution in [-0.2, 0) is 9.59 Å². The molecule has 3 aromatic carbocycles. The number of hydrogen-bond acceptors (Lipinski definition) is 5. The quantitative estimate of drug-likeness (QED) is 0.336. The van der Waals surface area contributed by atoms with Gasteiger partial charge in [-0.05, 0) is 49.5 Å². The van der Waals surface area contributed by atoms with E-state index in [1.807, 2.05) is 86.6 Å². The zero-order chi connectivity index (χ0) is 23.5. The Hall–Kier alpha value is -3.64. The van der Waals surface area contributed by atoms with E-state index in [2.05, 4.69) is 0 Å². The van der Waals surface area contributed by atoms with E-state index < -0.39 is 17.7 Å². The molecule has 1 aliphatic heterocycles. The van der Waals surface area contributed by atoms with Crippen LogP contribution >= 0.6 is 0 Å². The SMILES string of the molecule is CCOc1cccc(C2/C(=C(/O)c3cccc4ccccc34)C(=O)C(=O)N2CCN(C)C)c1. The highest BCUT2D eigenvalue weighted by Gasteiger charge is 2.46. The van der Waals surface area contributed by atoms with E-state index in [1.54, 1.807) is 11.0 Å². The Bertz CT molecular complexity index is 1230. The number of amides is 1. The van der Waals surface area contributed by atoms with Crippen LogP contribution in [0.2, 0.25) is 0 Å². The zero-order valence-corrected chi connectivity index (χ0v) is 19.1. The van der Waals surface area contributed by atoms with E-state index >= 15 is 0 Å². The number of rotatable bonds is 7. The summed E-state index contributed by atoms with van der Waals surface area (Å²) >= 11 is 0. The third kappa shape index (κ3) is 4.34. The molecule has 0 aromatic heterocycles. The number of Topliss-reactive ketones (excluding diaryl/α,β-unsaturated/α-hetero) is 1. The van der Waals surface area contributed by atoms with Gasteiger partial charge < -0.3 is 19.6 Å². The lowest BCUT2D eigenvalue weighted by molar-refractivity contribution is -0.140. The summed E-state index contributed by atoms with van der Waals surface area (Å²) in [5.41, 5.74) is 1.36. The van der Waals surface area contributed by atoms with Crippen LogP contribution in [-0.4, -0.2) is 60.4 Å². The second-order valence-electron chi connectivity index (χ2n) is 8.33. The van der Waals surface area contributed by atoms with E-state index in [0.29, 0.717) is 31.0 Å². The fourth-order valence-corrected chi connectivity index (χ4v) is 4.28. The molecule has 1 aliphatic rings. The molecule has 0 aliphatic carbocycles. The van der Waals surface area contributed by atoms with Gasteiger partial charge in [0, 0.05) is 18.7 Å². The first-order valence-corrected chi connectivity index (χ1v) is 11.1. The predicted octanol–water partition coefficient (Wildman–Crippen LogP) is 4.22. The summed E-state index contributed by atoms with van der Waals surface area (Å²) in [4.78, 5) is 29.9. The zero-order valence-electron chi connectivity index (χ0n) is 19.1. The number of carbonyl (C=O) groups is 2. The number of fused-ring (bicyclic) bond motifs is 1. The van der Waals surface area contributed by atoms with Crippen LogP contribution in [0.15, 0.2) is 72.3 Å². The maximum atomic E-state index is 13.3. The number of carbonyl (C=O) groups excluding carboxylic acids is 2. The molecule has 1 fully saturated rings. The first-order chi connectivity index (χ1) is 15.9. The molecule has 33 heavy (non-hydrogen) atoms. The molecule has 0 bridgehead atoms. The normalized spacial score (nSPS) is 17.8. The van der Waals surface area contributed by atoms with Gasteiger partial charge in [-0.25, -0.2) is 0 Å². The highest BCUT2D eigenvalue weighted by atomic mass is 16.5. The molecule has 1 heterocycles. The summed E-state index contributed by atoms with van der Waals surface area (Å²) in [6.07, 6.45) is 0. The smallest absolute Gasteiger partial charge is 0.295 e. The van der Waals surface area contributed by atoms with Crippen molar-refractivity contribution in [2.24, 2.45) is 0 Å². The summed E-state index contributed by atoms with van der Waals surface area (Å²) in [7, 11) is 3.83. The van der Waals surface area contributed by atoms with Gasteiger partial charge in [0.2, 0.25) is 0 Å². The van der Waals surface area contributed by atoms with E-state index in [1.165, 1.54) is 0 Å². The van der Waals surface area contributed by atoms with Gasteiger partial charge in [-0.2, -0.15) is 0 Å². The second-order valence-corrected chi connectivity index (χ2v) is 8.33. The van der Waals surface area contributed by atoms with Crippen molar-refractivity contribution < 1.29 is 19.4 Å². The Morgan fingerprint density at radius 1 is 1.03 bits per heavy atom. The third-order valence-corrected chi connectivity index (χ3v) is 5.86. The van der Waals surface area contributed by atoms with E-state index in [9.17, 15) is 14.7 Å². The number of ether oxygens (including phenoxy) is 1. The number of likely N-dealkylation sites (N-methyl/N-ethyl adjacent to an activating group) is 1. The van der Waals surface area contributed by atoms with E-state index in [-0.39, 0.29) is 11.3 Å². The average Bonchev–Trinajstić information content (AvgIpc) is 3.07. The van der Waals surface area contributed by atoms with Gasteiger partial charge in [0.1, 0.15) is 11.5 Å². The molecule has 1 unspecified atom stereocenters. The van der Waals surface area contributed by atoms with Gasteiger partial charge in [0.05, 0.1) is 18.2 Å². The molecule has 4 rings (SSSR count). The van der Waals surface area contributed by atoms with Crippen LogP contribution in [0, 0.1) is 0 Å². The van der Waals surface area contributed by atoms with Crippen LogP contribution < -0.4 is 4.74 Å². The molecule has 0 radical (unpaired) electrons. The van der Waals surface area contributed by atoms with Crippen molar-refractivity contribution in [3.05, 3.63) is 83.4 Å². The van der Waals surface area contributed by atoms with Crippen molar-refractivity contribution in [3.63, 3.8) is 0 Å². The Kier molecular flexibility index (Phi) is 6.47. The lowest BCUT2D eigenvalue weighted by Crippen LogP contribution is -2.35. The summed E-state index contributed by atoms with van der Waals surface area (Å²) in [5.74, 6) is -0.792. The Morgan fingerprint density at radius 2 is 1.76 bits per heavy atom. The highest BCUT2D eigenvalue weighted by Crippen LogP contribution is 2.41. The first kappa shape index (κ1) is 22.6. The highest BCUT2D eigenvalue weighted by molar-refractivity contribution is 6.46. The van der Waals surface area contributed by atoms with Gasteiger partial charge in [0.15, 0.2) is 0 Å². The monoisotopic (exact) mass is 444 g/mol. The molecule has 0 spiro atoms. The number of hydrogen-bond donors (Lipinski definition) is 1. The Balaban J connectivity index is 1.91. The van der Waals surface area contributed by atoms with Crippen molar-refractivity contribution in [1.29, 1.82) is 0 Å². The summed E-state index contributed by atoms with van der Waals surface area (Å²) in [6.45, 7) is 3.34. The number of aliphatic hydroxyl groups is 1. The van der Waals surface area contributed by atoms with Gasteiger partial charge >= 0.3 is 0 Å². The number of nitrogens with zero attached hydrogens (tertiary/aromatic N) is 2. The van der Waals surface area contributed by atoms with Gasteiger partial charge in [0.25, 0.3) is 11.7 Å². The van der Waals surface area contributed by atoms with Gasteiger partial charge in [-0.15, -0.1) is 0 Å². The number of ketones is 1. The third-order valence-electron chi connectivity index (χ3n) is 5.86. The van der Waals surface area contributed by atoms with Crippen LogP contribution in [0.1, 0.15) is 24.1 Å². The standard InChI is InChI=1S/C27H28N2O4/c1-4-33-20-12-7-11-19(17-20)24-23(26(31)27(32)29(24)16-15-28(2)3)25(30)22-14-8-10-18-9-5-6-13-21(18)22/h5-14,17,24,30H,4,15-16H2,1-3H3/b25-23-. The number of likely N-dealkylation sites (tertiary alicyclic amines) is 1. The van der Waals surface area contributed by atoms with E-state index in [4.69, 9.17) is 4.74 Å². The maximum Gasteiger partial charge on any atom is 0.295 e. The molecular weight excluding hydrogens is 416 g/mol. The molecule has 1 atom stereocenters. The van der Waals surface area contributed by atoms with Crippen LogP contribution in [0.4, 0.5) is 0 Å². The molecule has 6 nitrogen and oxygen atoms in total. The minimum Gasteiger partial charge on any atom is -0.507 e. The largest absolute Gasteiger partial charge is 0.507 e. The van der Waals surface area contributed by atoms with Gasteiger partial charge in [-0.3, -0.25) is 9.59 Å². The summed E-state index contributed by atoms with van der Waals surface area (Å²) in [6, 6.07) is 19.9. The predicted molar refractivity (Wildman–Crippen MR) is 129 cm³/mol. The Morgan fingerprint density at radius 3 is 2.52 bits per heavy atom. The molecule has 1 amide bonds. The molecule has 6 heteroatoms. The van der Waals surface area contributed by atoms with Crippen LogP contribution in [0.25, 0.3) is 16.5 Å². The summed E-state index contributed by atoms with van der Waals surface area (Å²) in [5, 5.41) is 13.2. The lowest BCUT2D eigenvalue weighted by Gasteiger charge is -2.27. The topological polar surface area (TPSA) is 70.1 Å². The number of benzene rings is 3. The van der Waals surface area contributed by atoms with Crippen molar-refractivity contribution >= 4 is 28.2 Å². The minimum atomic E-state index is -0.704. The molecule has 1 saturated heterocycles.